The molecule has 0 saturated carbocycles. The van der Waals surface area contributed by atoms with Crippen molar-refractivity contribution in [1.82, 2.24) is 0 Å². The molecule has 0 aliphatic carbocycles. The third kappa shape index (κ3) is 45.1. The number of rotatable bonds is 47. The highest BCUT2D eigenvalue weighted by atomic mass is 28.5. The molecular weight excluding hydrogens is 917 g/mol. The molecule has 0 radical (unpaired) electrons. The standard InChI is InChI=1S/C31H68O9Si3.C17H34O7/c1-14-28(4)25-41(8,9)39-43(12,13)40-42(10,11)26-29(5)20-38-31(22-33-7)24-36-18-16-34-15-17-35-23-30(21-32-6)37-19-27(2)3;1-15(2)10-24-17(12-19-4)14-23-9-7-21-6-8-22-13-16(20-5)11-18-3/h28-31H,2,14-26H2,1,3-13H3;16-17H,1,6-14H2,2-5H3. The van der Waals surface area contributed by atoms with Gasteiger partial charge in [-0.15, -0.1) is 0 Å². The first-order chi connectivity index (χ1) is 31.7. The van der Waals surface area contributed by atoms with Crippen molar-refractivity contribution in [3.05, 3.63) is 24.3 Å². The van der Waals surface area contributed by atoms with Crippen LogP contribution in [0.15, 0.2) is 24.3 Å². The molecule has 0 amide bonds. The quantitative estimate of drug-likeness (QED) is 0.0331. The van der Waals surface area contributed by atoms with Crippen LogP contribution < -0.4 is 0 Å². The molecule has 0 bridgehead atoms. The van der Waals surface area contributed by atoms with Gasteiger partial charge in [0.05, 0.1) is 119 Å². The van der Waals surface area contributed by atoms with Gasteiger partial charge in [0.15, 0.2) is 16.6 Å². The van der Waals surface area contributed by atoms with Gasteiger partial charge in [0.2, 0.25) is 0 Å². The van der Waals surface area contributed by atoms with Gasteiger partial charge in [0.25, 0.3) is 0 Å². The van der Waals surface area contributed by atoms with Crippen molar-refractivity contribution in [2.45, 2.75) is 117 Å². The van der Waals surface area contributed by atoms with E-state index in [1.807, 2.05) is 13.8 Å². The van der Waals surface area contributed by atoms with E-state index in [1.165, 1.54) is 12.5 Å². The van der Waals surface area contributed by atoms with Crippen molar-refractivity contribution < 1.29 is 74.5 Å². The Kier molecular flexibility index (Phi) is 44.1. The predicted octanol–water partition coefficient (Wildman–Crippen LogP) is 7.81. The van der Waals surface area contributed by atoms with Crippen LogP contribution in [0.1, 0.15) is 41.0 Å². The zero-order chi connectivity index (χ0) is 51.0. The monoisotopic (exact) mass is 1020 g/mol. The van der Waals surface area contributed by atoms with Crippen molar-refractivity contribution >= 4 is 25.2 Å². The largest absolute Gasteiger partial charge is 0.436 e. The van der Waals surface area contributed by atoms with E-state index in [-0.39, 0.29) is 24.4 Å². The van der Waals surface area contributed by atoms with E-state index >= 15 is 0 Å². The molecule has 0 aromatic rings. The highest BCUT2D eigenvalue weighted by Crippen LogP contribution is 2.29. The van der Waals surface area contributed by atoms with E-state index in [2.05, 4.69) is 73.2 Å². The molecule has 6 atom stereocenters. The van der Waals surface area contributed by atoms with Gasteiger partial charge in [-0.05, 0) is 77.1 Å². The van der Waals surface area contributed by atoms with E-state index < -0.39 is 25.2 Å². The summed E-state index contributed by atoms with van der Waals surface area (Å²) >= 11 is 0. The van der Waals surface area contributed by atoms with E-state index in [0.29, 0.717) is 137 Å². The first-order valence-corrected chi connectivity index (χ1v) is 33.2. The van der Waals surface area contributed by atoms with Crippen LogP contribution in [0.4, 0.5) is 0 Å². The summed E-state index contributed by atoms with van der Waals surface area (Å²) < 4.78 is 90.5. The topological polar surface area (TPSA) is 148 Å². The van der Waals surface area contributed by atoms with Gasteiger partial charge in [0.1, 0.15) is 24.4 Å². The third-order valence-electron chi connectivity index (χ3n) is 9.62. The Balaban J connectivity index is 0. The summed E-state index contributed by atoms with van der Waals surface area (Å²) in [5, 5.41) is 0. The molecule has 0 aliphatic heterocycles. The van der Waals surface area contributed by atoms with Crippen LogP contribution in [0.25, 0.3) is 0 Å². The fourth-order valence-corrected chi connectivity index (χ4v) is 22.7. The Bertz CT molecular complexity index is 1150. The minimum atomic E-state index is -2.22. The summed E-state index contributed by atoms with van der Waals surface area (Å²) in [6, 6.07) is 2.20. The van der Waals surface area contributed by atoms with Crippen LogP contribution >= 0.6 is 0 Å². The molecule has 67 heavy (non-hydrogen) atoms. The molecule has 0 aromatic carbocycles. The lowest BCUT2D eigenvalue weighted by molar-refractivity contribution is -0.0721. The fourth-order valence-electron chi connectivity index (χ4n) is 7.03. The lowest BCUT2D eigenvalue weighted by Crippen LogP contribution is -2.53. The molecule has 16 nitrogen and oxygen atoms in total. The summed E-state index contributed by atoms with van der Waals surface area (Å²) in [7, 11) is 2.33. The Morgan fingerprint density at radius 2 is 0.731 bits per heavy atom. The Morgan fingerprint density at radius 3 is 1.06 bits per heavy atom. The second kappa shape index (κ2) is 43.1. The average molecular weight is 1020 g/mol. The molecule has 0 rings (SSSR count). The summed E-state index contributed by atoms with van der Waals surface area (Å²) in [6.45, 7) is 41.5. The number of hydrogen-bond acceptors (Lipinski definition) is 16. The number of methoxy groups -OCH3 is 5. The lowest BCUT2D eigenvalue weighted by Gasteiger charge is -2.40. The smallest absolute Gasteiger partial charge is 0.311 e. The molecule has 6 unspecified atom stereocenters. The Labute approximate surface area is 412 Å². The second-order valence-electron chi connectivity index (χ2n) is 19.1. The lowest BCUT2D eigenvalue weighted by atomic mass is 10.2. The van der Waals surface area contributed by atoms with E-state index in [1.54, 1.807) is 35.5 Å². The molecule has 0 aromatic heterocycles. The molecule has 0 aliphatic rings. The predicted molar refractivity (Wildman–Crippen MR) is 275 cm³/mol. The normalized spacial score (nSPS) is 15.1. The third-order valence-corrected chi connectivity index (χ3v) is 21.3. The maximum atomic E-state index is 6.82. The molecule has 0 fully saturated rings. The molecule has 0 saturated heterocycles. The summed E-state index contributed by atoms with van der Waals surface area (Å²) in [5.74, 6) is 1.07. The zero-order valence-corrected chi connectivity index (χ0v) is 48.5. The number of ether oxygens (including phenoxy) is 14. The van der Waals surface area contributed by atoms with Gasteiger partial charge in [-0.25, -0.2) is 0 Å². The van der Waals surface area contributed by atoms with Gasteiger partial charge in [-0.3, -0.25) is 0 Å². The van der Waals surface area contributed by atoms with E-state index in [0.717, 1.165) is 17.2 Å². The van der Waals surface area contributed by atoms with Crippen molar-refractivity contribution in [3.63, 3.8) is 0 Å². The summed E-state index contributed by atoms with van der Waals surface area (Å²) in [6.07, 6.45) is 0.812. The van der Waals surface area contributed by atoms with Crippen molar-refractivity contribution in [1.29, 1.82) is 0 Å². The Morgan fingerprint density at radius 1 is 0.418 bits per heavy atom. The molecule has 0 heterocycles. The van der Waals surface area contributed by atoms with Crippen molar-refractivity contribution in [2.75, 3.05) is 161 Å². The minimum absolute atomic E-state index is 0.0461. The first-order valence-electron chi connectivity index (χ1n) is 24.2. The van der Waals surface area contributed by atoms with E-state index in [4.69, 9.17) is 74.5 Å². The van der Waals surface area contributed by atoms with Crippen molar-refractivity contribution in [2.24, 2.45) is 11.8 Å². The Hall–Kier alpha value is -0.509. The summed E-state index contributed by atoms with van der Waals surface area (Å²) in [5.41, 5.74) is 1.94. The highest BCUT2D eigenvalue weighted by Gasteiger charge is 2.40. The fraction of sp³-hybridized carbons (Fsp3) is 0.917. The average Bonchev–Trinajstić information content (AvgIpc) is 3.23. The van der Waals surface area contributed by atoms with Crippen LogP contribution in [0, 0.1) is 11.8 Å². The van der Waals surface area contributed by atoms with Crippen LogP contribution in [0.3, 0.4) is 0 Å². The molecule has 19 heteroatoms. The zero-order valence-electron chi connectivity index (χ0n) is 45.5. The van der Waals surface area contributed by atoms with Crippen molar-refractivity contribution in [3.8, 4) is 0 Å². The first kappa shape index (κ1) is 68.6. The highest BCUT2D eigenvalue weighted by molar-refractivity contribution is 6.87. The molecule has 0 N–H and O–H groups in total. The van der Waals surface area contributed by atoms with Gasteiger partial charge in [-0.1, -0.05) is 51.5 Å². The SMILES string of the molecule is C=C(C)COC(COC)COCCOCCOCC(COC)OC.C=C(C)COC(COC)COCCOCCOCC(COC)OCC(C)C[Si](C)(C)O[Si](C)(C)O[Si](C)(C)CC(C)CC. The van der Waals surface area contributed by atoms with Gasteiger partial charge in [0, 0.05) is 42.2 Å². The van der Waals surface area contributed by atoms with Crippen LogP contribution in [-0.4, -0.2) is 211 Å². The molecule has 0 spiro atoms. The minimum Gasteiger partial charge on any atom is -0.436 e. The molecular formula is C48H102O16Si3. The van der Waals surface area contributed by atoms with Crippen LogP contribution in [-0.2, 0) is 74.5 Å². The van der Waals surface area contributed by atoms with Gasteiger partial charge >= 0.3 is 8.56 Å². The van der Waals surface area contributed by atoms with Gasteiger partial charge in [-0.2, -0.15) is 0 Å². The number of hydrogen-bond donors (Lipinski definition) is 0. The molecule has 402 valence electrons. The second-order valence-corrected chi connectivity index (χ2v) is 31.4. The summed E-state index contributed by atoms with van der Waals surface area (Å²) in [4.78, 5) is 0. The van der Waals surface area contributed by atoms with Crippen LogP contribution in [0.5, 0.6) is 0 Å². The maximum Gasteiger partial charge on any atom is 0.311 e. The van der Waals surface area contributed by atoms with Gasteiger partial charge < -0.3 is 74.5 Å². The van der Waals surface area contributed by atoms with Crippen LogP contribution in [0.2, 0.25) is 51.4 Å². The maximum absolute atomic E-state index is 6.82. The van der Waals surface area contributed by atoms with E-state index in [9.17, 15) is 0 Å².